The third-order valence-corrected chi connectivity index (χ3v) is 4.11. The Bertz CT molecular complexity index is 960. The van der Waals surface area contributed by atoms with Crippen molar-refractivity contribution in [3.05, 3.63) is 77.3 Å². The van der Waals surface area contributed by atoms with Crippen molar-refractivity contribution in [1.82, 2.24) is 0 Å². The molecule has 0 spiro atoms. The predicted octanol–water partition coefficient (Wildman–Crippen LogP) is 5.54. The van der Waals surface area contributed by atoms with Crippen molar-refractivity contribution in [2.24, 2.45) is 0 Å². The number of benzene rings is 3. The number of para-hydroxylation sites is 1. The van der Waals surface area contributed by atoms with Crippen molar-refractivity contribution in [1.29, 1.82) is 0 Å². The minimum absolute atomic E-state index is 0.102. The largest absolute Gasteiger partial charge is 0.505 e. The van der Waals surface area contributed by atoms with Crippen LogP contribution >= 0.6 is 11.6 Å². The first-order valence-electron chi connectivity index (χ1n) is 8.54. The van der Waals surface area contributed by atoms with Crippen LogP contribution in [0.5, 0.6) is 17.2 Å². The molecule has 3 aromatic rings. The van der Waals surface area contributed by atoms with Gasteiger partial charge in [-0.1, -0.05) is 29.8 Å². The molecule has 4 N–H and O–H groups in total. The number of hydrogen-bond acceptors (Lipinski definition) is 4. The first-order chi connectivity index (χ1) is 13.4. The van der Waals surface area contributed by atoms with Crippen LogP contribution in [0.4, 0.5) is 16.2 Å². The molecule has 0 heterocycles. The van der Waals surface area contributed by atoms with E-state index in [1.54, 1.807) is 24.3 Å². The van der Waals surface area contributed by atoms with E-state index in [-0.39, 0.29) is 22.0 Å². The first kappa shape index (κ1) is 19.5. The fourth-order valence-corrected chi connectivity index (χ4v) is 2.78. The van der Waals surface area contributed by atoms with Crippen LogP contribution in [-0.4, -0.2) is 16.2 Å². The number of ether oxygens (including phenoxy) is 1. The number of phenols is 1. The first-order valence-corrected chi connectivity index (χ1v) is 8.91. The number of nitrogens with one attached hydrogen (secondary N) is 2. The normalized spacial score (nSPS) is 11.5. The van der Waals surface area contributed by atoms with Crippen molar-refractivity contribution in [3.63, 3.8) is 0 Å². The lowest BCUT2D eigenvalue weighted by molar-refractivity contribution is 0.195. The van der Waals surface area contributed by atoms with Crippen LogP contribution in [0.2, 0.25) is 5.02 Å². The molecule has 0 bridgehead atoms. The molecule has 28 heavy (non-hydrogen) atoms. The summed E-state index contributed by atoms with van der Waals surface area (Å²) in [6.45, 7) is 1.49. The monoisotopic (exact) mass is 398 g/mol. The van der Waals surface area contributed by atoms with Crippen molar-refractivity contribution >= 4 is 29.0 Å². The van der Waals surface area contributed by atoms with Crippen molar-refractivity contribution < 1.29 is 19.7 Å². The highest BCUT2D eigenvalue weighted by Gasteiger charge is 2.15. The van der Waals surface area contributed by atoms with Crippen LogP contribution < -0.4 is 15.4 Å². The quantitative estimate of drug-likeness (QED) is 0.425. The lowest BCUT2D eigenvalue weighted by Crippen LogP contribution is -2.19. The Morgan fingerprint density at radius 3 is 2.29 bits per heavy atom. The molecule has 2 amide bonds. The van der Waals surface area contributed by atoms with Crippen molar-refractivity contribution in [3.8, 4) is 17.2 Å². The summed E-state index contributed by atoms with van der Waals surface area (Å²) in [4.78, 5) is 12.2. The number of amides is 2. The standard InChI is InChI=1S/C21H19ClN2O4/c1-13(25)18-11-14(22)12-19(20(18)26)24-21(27)23-15-7-9-17(10-8-15)28-16-5-3-2-4-6-16/h2-13,25-26H,1H3,(H2,23,24,27). The second kappa shape index (κ2) is 8.65. The van der Waals surface area contributed by atoms with Gasteiger partial charge < -0.3 is 25.6 Å². The summed E-state index contributed by atoms with van der Waals surface area (Å²) in [6.07, 6.45) is -0.931. The SMILES string of the molecule is CC(O)c1cc(Cl)cc(NC(=O)Nc2ccc(Oc3ccccc3)cc2)c1O. The van der Waals surface area contributed by atoms with Gasteiger partial charge in [-0.25, -0.2) is 4.79 Å². The number of aromatic hydroxyl groups is 1. The summed E-state index contributed by atoms with van der Waals surface area (Å²) >= 11 is 5.99. The molecular weight excluding hydrogens is 380 g/mol. The molecule has 6 nitrogen and oxygen atoms in total. The van der Waals surface area contributed by atoms with E-state index in [4.69, 9.17) is 16.3 Å². The molecule has 0 aliphatic rings. The Morgan fingerprint density at radius 1 is 1.00 bits per heavy atom. The van der Waals surface area contributed by atoms with Gasteiger partial charge in [-0.3, -0.25) is 0 Å². The molecule has 0 saturated heterocycles. The number of aliphatic hydroxyl groups excluding tert-OH is 1. The van der Waals surface area contributed by atoms with Crippen LogP contribution in [0.3, 0.4) is 0 Å². The van der Waals surface area contributed by atoms with E-state index in [1.165, 1.54) is 19.1 Å². The number of anilines is 2. The third kappa shape index (κ3) is 4.94. The highest BCUT2D eigenvalue weighted by atomic mass is 35.5. The van der Waals surface area contributed by atoms with Crippen molar-refractivity contribution in [2.45, 2.75) is 13.0 Å². The molecule has 144 valence electrons. The molecule has 3 rings (SSSR count). The van der Waals surface area contributed by atoms with Gasteiger partial charge in [0, 0.05) is 16.3 Å². The molecule has 7 heteroatoms. The number of carbonyl (C=O) groups is 1. The number of carbonyl (C=O) groups excluding carboxylic acids is 1. The van der Waals surface area contributed by atoms with Crippen LogP contribution in [0, 0.1) is 0 Å². The van der Waals surface area contributed by atoms with Gasteiger partial charge in [0.05, 0.1) is 11.8 Å². The number of hydrogen-bond donors (Lipinski definition) is 4. The highest BCUT2D eigenvalue weighted by Crippen LogP contribution is 2.35. The minimum atomic E-state index is -0.931. The summed E-state index contributed by atoms with van der Waals surface area (Å²) in [5.41, 5.74) is 0.866. The Labute approximate surface area is 167 Å². The topological polar surface area (TPSA) is 90.8 Å². The van der Waals surface area contributed by atoms with E-state index >= 15 is 0 Å². The fourth-order valence-electron chi connectivity index (χ4n) is 2.55. The number of urea groups is 1. The Balaban J connectivity index is 1.65. The second-order valence-electron chi connectivity index (χ2n) is 6.09. The Hall–Kier alpha value is -3.22. The molecule has 1 unspecified atom stereocenters. The van der Waals surface area contributed by atoms with Crippen LogP contribution in [-0.2, 0) is 0 Å². The third-order valence-electron chi connectivity index (χ3n) is 3.89. The Kier molecular flexibility index (Phi) is 6.03. The van der Waals surface area contributed by atoms with Crippen LogP contribution in [0.15, 0.2) is 66.7 Å². The summed E-state index contributed by atoms with van der Waals surface area (Å²) in [5, 5.41) is 25.4. The summed E-state index contributed by atoms with van der Waals surface area (Å²) in [6, 6.07) is 18.5. The molecule has 0 radical (unpaired) electrons. The highest BCUT2D eigenvalue weighted by molar-refractivity contribution is 6.31. The average Bonchev–Trinajstić information content (AvgIpc) is 2.66. The van der Waals surface area contributed by atoms with E-state index in [9.17, 15) is 15.0 Å². The zero-order valence-electron chi connectivity index (χ0n) is 15.0. The molecule has 0 aromatic heterocycles. The number of aliphatic hydroxyl groups is 1. The zero-order valence-corrected chi connectivity index (χ0v) is 15.8. The molecule has 0 fully saturated rings. The molecule has 3 aromatic carbocycles. The van der Waals surface area contributed by atoms with E-state index in [1.807, 2.05) is 30.3 Å². The fraction of sp³-hybridized carbons (Fsp3) is 0.0952. The number of rotatable bonds is 5. The second-order valence-corrected chi connectivity index (χ2v) is 6.52. The van der Waals surface area contributed by atoms with Gasteiger partial charge in [0.2, 0.25) is 0 Å². The van der Waals surface area contributed by atoms with Gasteiger partial charge in [-0.05, 0) is 55.5 Å². The van der Waals surface area contributed by atoms with E-state index in [0.717, 1.165) is 0 Å². The van der Waals surface area contributed by atoms with Gasteiger partial charge in [0.25, 0.3) is 0 Å². The minimum Gasteiger partial charge on any atom is -0.505 e. The predicted molar refractivity (Wildman–Crippen MR) is 109 cm³/mol. The molecule has 0 saturated carbocycles. The van der Waals surface area contributed by atoms with Gasteiger partial charge in [-0.2, -0.15) is 0 Å². The summed E-state index contributed by atoms with van der Waals surface area (Å²) in [7, 11) is 0. The number of halogens is 1. The molecule has 1 atom stereocenters. The molecule has 0 aliphatic heterocycles. The smallest absolute Gasteiger partial charge is 0.323 e. The summed E-state index contributed by atoms with van der Waals surface area (Å²) in [5.74, 6) is 1.11. The van der Waals surface area contributed by atoms with Crippen molar-refractivity contribution in [2.75, 3.05) is 10.6 Å². The maximum absolute atomic E-state index is 12.2. The van der Waals surface area contributed by atoms with Gasteiger partial charge in [0.1, 0.15) is 17.2 Å². The van der Waals surface area contributed by atoms with Gasteiger partial charge in [0.15, 0.2) is 0 Å². The maximum Gasteiger partial charge on any atom is 0.323 e. The lowest BCUT2D eigenvalue weighted by atomic mass is 10.1. The van der Waals surface area contributed by atoms with Crippen LogP contribution in [0.1, 0.15) is 18.6 Å². The van der Waals surface area contributed by atoms with Gasteiger partial charge >= 0.3 is 6.03 Å². The zero-order chi connectivity index (χ0) is 20.1. The average molecular weight is 399 g/mol. The van der Waals surface area contributed by atoms with Crippen LogP contribution in [0.25, 0.3) is 0 Å². The maximum atomic E-state index is 12.2. The van der Waals surface area contributed by atoms with E-state index in [0.29, 0.717) is 17.2 Å². The molecule has 0 aliphatic carbocycles. The lowest BCUT2D eigenvalue weighted by Gasteiger charge is -2.14. The molecular formula is C21H19ClN2O4. The Morgan fingerprint density at radius 2 is 1.64 bits per heavy atom. The number of phenolic OH excluding ortho intramolecular Hbond substituents is 1. The van der Waals surface area contributed by atoms with Gasteiger partial charge in [-0.15, -0.1) is 0 Å². The van der Waals surface area contributed by atoms with E-state index < -0.39 is 12.1 Å². The van der Waals surface area contributed by atoms with E-state index in [2.05, 4.69) is 10.6 Å². The summed E-state index contributed by atoms with van der Waals surface area (Å²) < 4.78 is 5.70.